The van der Waals surface area contributed by atoms with Crippen LogP contribution in [0.4, 0.5) is 0 Å². The Labute approximate surface area is 122 Å². The highest BCUT2D eigenvalue weighted by molar-refractivity contribution is 7.12. The van der Waals surface area contributed by atoms with Crippen molar-refractivity contribution in [2.24, 2.45) is 5.92 Å². The first kappa shape index (κ1) is 15.0. The fraction of sp³-hybridized carbons (Fsp3) is 0.571. The van der Waals surface area contributed by atoms with Crippen molar-refractivity contribution in [2.45, 2.75) is 12.8 Å². The molecule has 0 bridgehead atoms. The van der Waals surface area contributed by atoms with Gasteiger partial charge in [0.15, 0.2) is 0 Å². The Morgan fingerprint density at radius 3 is 3.00 bits per heavy atom. The Balaban J connectivity index is 1.84. The zero-order valence-electron chi connectivity index (χ0n) is 11.6. The molecule has 1 fully saturated rings. The van der Waals surface area contributed by atoms with Gasteiger partial charge in [-0.15, -0.1) is 11.3 Å². The Hall–Kier alpha value is -1.40. The normalized spacial score (nSPS) is 18.3. The zero-order valence-corrected chi connectivity index (χ0v) is 12.4. The summed E-state index contributed by atoms with van der Waals surface area (Å²) in [4.78, 5) is 28.1. The maximum Gasteiger partial charge on any atom is 0.264 e. The van der Waals surface area contributed by atoms with E-state index in [-0.39, 0.29) is 25.0 Å². The lowest BCUT2D eigenvalue weighted by molar-refractivity contribution is -0.130. The van der Waals surface area contributed by atoms with E-state index in [1.165, 1.54) is 16.2 Å². The SMILES string of the molecule is CN(CC(=O)N1CCC(CCO)C1)C(=O)c1cccs1. The average Bonchev–Trinajstić information content (AvgIpc) is 3.09. The summed E-state index contributed by atoms with van der Waals surface area (Å²) in [5.41, 5.74) is 0. The molecule has 2 rings (SSSR count). The summed E-state index contributed by atoms with van der Waals surface area (Å²) in [6, 6.07) is 3.59. The number of likely N-dealkylation sites (tertiary alicyclic amines) is 1. The molecular formula is C14H20N2O3S. The van der Waals surface area contributed by atoms with Crippen LogP contribution in [0.15, 0.2) is 17.5 Å². The van der Waals surface area contributed by atoms with Crippen LogP contribution in [0.1, 0.15) is 22.5 Å². The van der Waals surface area contributed by atoms with Gasteiger partial charge in [0.05, 0.1) is 11.4 Å². The van der Waals surface area contributed by atoms with Crippen molar-refractivity contribution in [3.05, 3.63) is 22.4 Å². The van der Waals surface area contributed by atoms with Crippen molar-refractivity contribution in [3.8, 4) is 0 Å². The van der Waals surface area contributed by atoms with Crippen LogP contribution in [0.2, 0.25) is 0 Å². The molecule has 20 heavy (non-hydrogen) atoms. The molecule has 1 N–H and O–H groups in total. The number of likely N-dealkylation sites (N-methyl/N-ethyl adjacent to an activating group) is 1. The highest BCUT2D eigenvalue weighted by Crippen LogP contribution is 2.19. The smallest absolute Gasteiger partial charge is 0.264 e. The van der Waals surface area contributed by atoms with Crippen molar-refractivity contribution >= 4 is 23.2 Å². The van der Waals surface area contributed by atoms with Crippen LogP contribution in [0, 0.1) is 5.92 Å². The van der Waals surface area contributed by atoms with Crippen LogP contribution in [0.5, 0.6) is 0 Å². The Kier molecular flexibility index (Phi) is 5.14. The molecule has 2 heterocycles. The molecule has 2 amide bonds. The van der Waals surface area contributed by atoms with Gasteiger partial charge >= 0.3 is 0 Å². The van der Waals surface area contributed by atoms with Gasteiger partial charge in [-0.05, 0) is 30.2 Å². The van der Waals surface area contributed by atoms with Crippen LogP contribution in [-0.2, 0) is 4.79 Å². The van der Waals surface area contributed by atoms with E-state index in [2.05, 4.69) is 0 Å². The molecule has 0 aliphatic carbocycles. The summed E-state index contributed by atoms with van der Waals surface area (Å²) in [5.74, 6) is 0.263. The number of hydrogen-bond acceptors (Lipinski definition) is 4. The second-order valence-corrected chi connectivity index (χ2v) is 6.09. The molecule has 6 heteroatoms. The van der Waals surface area contributed by atoms with Gasteiger partial charge in [-0.2, -0.15) is 0 Å². The summed E-state index contributed by atoms with van der Waals surface area (Å²) < 4.78 is 0. The molecule has 110 valence electrons. The van der Waals surface area contributed by atoms with E-state index in [0.717, 1.165) is 19.4 Å². The number of carbonyl (C=O) groups is 2. The van der Waals surface area contributed by atoms with Gasteiger partial charge in [0.2, 0.25) is 5.91 Å². The van der Waals surface area contributed by atoms with Gasteiger partial charge < -0.3 is 14.9 Å². The molecule has 0 saturated carbocycles. The molecule has 1 saturated heterocycles. The number of amides is 2. The van der Waals surface area contributed by atoms with Gasteiger partial charge in [-0.1, -0.05) is 6.07 Å². The number of nitrogens with zero attached hydrogens (tertiary/aromatic N) is 2. The van der Waals surface area contributed by atoms with Crippen molar-refractivity contribution < 1.29 is 14.7 Å². The number of aliphatic hydroxyl groups excluding tert-OH is 1. The molecule has 1 aromatic rings. The van der Waals surface area contributed by atoms with Crippen LogP contribution in [0.3, 0.4) is 0 Å². The minimum atomic E-state index is -0.112. The van der Waals surface area contributed by atoms with Crippen molar-refractivity contribution in [1.29, 1.82) is 0 Å². The van der Waals surface area contributed by atoms with Crippen LogP contribution in [-0.4, -0.2) is 60.0 Å². The van der Waals surface area contributed by atoms with Crippen molar-refractivity contribution in [2.75, 3.05) is 33.3 Å². The van der Waals surface area contributed by atoms with Gasteiger partial charge in [-0.25, -0.2) is 0 Å². The number of carbonyl (C=O) groups excluding carboxylic acids is 2. The van der Waals surface area contributed by atoms with E-state index in [1.54, 1.807) is 18.0 Å². The van der Waals surface area contributed by atoms with Gasteiger partial charge in [-0.3, -0.25) is 9.59 Å². The first-order chi connectivity index (χ1) is 9.61. The quantitative estimate of drug-likeness (QED) is 0.883. The predicted molar refractivity (Wildman–Crippen MR) is 77.7 cm³/mol. The zero-order chi connectivity index (χ0) is 14.5. The molecule has 0 aromatic carbocycles. The molecule has 5 nitrogen and oxygen atoms in total. The van der Waals surface area contributed by atoms with Gasteiger partial charge in [0, 0.05) is 26.7 Å². The number of hydrogen-bond donors (Lipinski definition) is 1. The van der Waals surface area contributed by atoms with Crippen LogP contribution >= 0.6 is 11.3 Å². The molecule has 1 aromatic heterocycles. The van der Waals surface area contributed by atoms with Crippen LogP contribution in [0.25, 0.3) is 0 Å². The van der Waals surface area contributed by atoms with Gasteiger partial charge in [0.1, 0.15) is 0 Å². The number of aliphatic hydroxyl groups is 1. The minimum Gasteiger partial charge on any atom is -0.396 e. The van der Waals surface area contributed by atoms with E-state index in [4.69, 9.17) is 5.11 Å². The third kappa shape index (κ3) is 3.58. The van der Waals surface area contributed by atoms with Gasteiger partial charge in [0.25, 0.3) is 5.91 Å². The molecule has 1 atom stereocenters. The van der Waals surface area contributed by atoms with E-state index < -0.39 is 0 Å². The predicted octanol–water partition coefficient (Wildman–Crippen LogP) is 1.05. The van der Waals surface area contributed by atoms with Crippen LogP contribution < -0.4 is 0 Å². The fourth-order valence-electron chi connectivity index (χ4n) is 2.44. The summed E-state index contributed by atoms with van der Waals surface area (Å²) in [5, 5.41) is 10.8. The summed E-state index contributed by atoms with van der Waals surface area (Å²) in [6.45, 7) is 1.71. The molecule has 0 radical (unpaired) electrons. The molecule has 0 spiro atoms. The lowest BCUT2D eigenvalue weighted by Gasteiger charge is -2.21. The van der Waals surface area contributed by atoms with E-state index in [9.17, 15) is 9.59 Å². The first-order valence-electron chi connectivity index (χ1n) is 6.79. The summed E-state index contributed by atoms with van der Waals surface area (Å²) in [6.07, 6.45) is 1.68. The Morgan fingerprint density at radius 1 is 1.55 bits per heavy atom. The molecule has 1 aliphatic rings. The lowest BCUT2D eigenvalue weighted by Crippen LogP contribution is -2.40. The summed E-state index contributed by atoms with van der Waals surface area (Å²) >= 11 is 1.38. The highest BCUT2D eigenvalue weighted by atomic mass is 32.1. The number of thiophene rings is 1. The largest absolute Gasteiger partial charge is 0.396 e. The Bertz CT molecular complexity index is 461. The highest BCUT2D eigenvalue weighted by Gasteiger charge is 2.27. The van der Waals surface area contributed by atoms with E-state index >= 15 is 0 Å². The van der Waals surface area contributed by atoms with Crippen molar-refractivity contribution in [3.63, 3.8) is 0 Å². The minimum absolute atomic E-state index is 0.0159. The second-order valence-electron chi connectivity index (χ2n) is 5.15. The maximum absolute atomic E-state index is 12.2. The fourth-order valence-corrected chi connectivity index (χ4v) is 3.16. The number of rotatable bonds is 5. The lowest BCUT2D eigenvalue weighted by atomic mass is 10.1. The van der Waals surface area contributed by atoms with Crippen molar-refractivity contribution in [1.82, 2.24) is 9.80 Å². The average molecular weight is 296 g/mol. The summed E-state index contributed by atoms with van der Waals surface area (Å²) in [7, 11) is 1.65. The monoisotopic (exact) mass is 296 g/mol. The topological polar surface area (TPSA) is 60.9 Å². The van der Waals surface area contributed by atoms with E-state index in [1.807, 2.05) is 11.4 Å². The molecule has 1 aliphatic heterocycles. The van der Waals surface area contributed by atoms with E-state index in [0.29, 0.717) is 17.3 Å². The third-order valence-corrected chi connectivity index (χ3v) is 4.48. The molecular weight excluding hydrogens is 276 g/mol. The second kappa shape index (κ2) is 6.85. The first-order valence-corrected chi connectivity index (χ1v) is 7.67. The maximum atomic E-state index is 12.2. The Morgan fingerprint density at radius 2 is 2.35 bits per heavy atom. The standard InChI is InChI=1S/C14H20N2O3S/c1-15(14(19)12-3-2-8-20-12)10-13(18)16-6-4-11(9-16)5-7-17/h2-3,8,11,17H,4-7,9-10H2,1H3. The molecule has 1 unspecified atom stereocenters. The third-order valence-electron chi connectivity index (χ3n) is 3.63.